The second-order valence-corrected chi connectivity index (χ2v) is 7.89. The van der Waals surface area contributed by atoms with Gasteiger partial charge in [-0.3, -0.25) is 0 Å². The van der Waals surface area contributed by atoms with Crippen LogP contribution in [0.15, 0.2) is 0 Å². The van der Waals surface area contributed by atoms with Crippen molar-refractivity contribution in [1.82, 2.24) is 0 Å². The minimum absolute atomic E-state index is 0.304. The topological polar surface area (TPSA) is 29.5 Å². The first kappa shape index (κ1) is 12.1. The molecule has 74 valence electrons. The quantitative estimate of drug-likeness (QED) is 0.625. The Morgan fingerprint density at radius 2 is 1.83 bits per heavy atom. The van der Waals surface area contributed by atoms with Crippen molar-refractivity contribution in [2.75, 3.05) is 13.7 Å². The third kappa shape index (κ3) is 4.90. The summed E-state index contributed by atoms with van der Waals surface area (Å²) in [6, 6.07) is 2.33. The van der Waals surface area contributed by atoms with Crippen molar-refractivity contribution in [3.05, 3.63) is 0 Å². The second kappa shape index (κ2) is 6.63. The van der Waals surface area contributed by atoms with E-state index in [0.29, 0.717) is 6.61 Å². The normalized spacial score (nSPS) is 16.0. The Hall–Kier alpha value is 0.137. The molecule has 0 aromatic rings. The Balaban J connectivity index is 3.70. The first-order valence-corrected chi connectivity index (χ1v) is 7.67. The van der Waals surface area contributed by atoms with Gasteiger partial charge in [-0.05, 0) is 25.1 Å². The summed E-state index contributed by atoms with van der Waals surface area (Å²) in [6.45, 7) is 4.77. The third-order valence-corrected chi connectivity index (χ3v) is 6.22. The van der Waals surface area contributed by atoms with Gasteiger partial charge in [-0.2, -0.15) is 0 Å². The Morgan fingerprint density at radius 3 is 2.25 bits per heavy atom. The summed E-state index contributed by atoms with van der Waals surface area (Å²) >= 11 is 0. The molecular formula is C9H22O2Si. The number of hydrogen-bond donors (Lipinski definition) is 1. The highest BCUT2D eigenvalue weighted by molar-refractivity contribution is 6.72. The highest BCUT2D eigenvalue weighted by atomic mass is 28.4. The zero-order valence-electron chi connectivity index (χ0n) is 8.60. The van der Waals surface area contributed by atoms with E-state index in [2.05, 4.69) is 13.5 Å². The van der Waals surface area contributed by atoms with Crippen LogP contribution in [0.1, 0.15) is 26.2 Å². The lowest BCUT2D eigenvalue weighted by Gasteiger charge is -2.24. The molecule has 0 bridgehead atoms. The molecule has 2 nitrogen and oxygen atoms in total. The molecular weight excluding hydrogens is 168 g/mol. The van der Waals surface area contributed by atoms with Crippen molar-refractivity contribution in [2.45, 2.75) is 44.8 Å². The van der Waals surface area contributed by atoms with Crippen molar-refractivity contribution < 1.29 is 9.53 Å². The van der Waals surface area contributed by atoms with Crippen LogP contribution in [0.5, 0.6) is 0 Å². The fraction of sp³-hybridized carbons (Fsp3) is 1.00. The minimum atomic E-state index is -1.43. The summed E-state index contributed by atoms with van der Waals surface area (Å²) in [5.74, 6) is 0. The molecule has 0 aliphatic carbocycles. The van der Waals surface area contributed by atoms with Gasteiger partial charge >= 0.3 is 0 Å². The fourth-order valence-corrected chi connectivity index (χ4v) is 4.00. The van der Waals surface area contributed by atoms with Crippen molar-refractivity contribution in [3.63, 3.8) is 0 Å². The Morgan fingerprint density at radius 1 is 1.25 bits per heavy atom. The van der Waals surface area contributed by atoms with Crippen molar-refractivity contribution in [3.8, 4) is 0 Å². The minimum Gasteiger partial charge on any atom is -0.420 e. The summed E-state index contributed by atoms with van der Waals surface area (Å²) in [5, 5.41) is 8.72. The van der Waals surface area contributed by atoms with E-state index < -0.39 is 8.32 Å². The predicted molar refractivity (Wildman–Crippen MR) is 54.9 cm³/mol. The fourth-order valence-electron chi connectivity index (χ4n) is 1.33. The van der Waals surface area contributed by atoms with Crippen LogP contribution in [0.3, 0.4) is 0 Å². The molecule has 1 unspecified atom stereocenters. The van der Waals surface area contributed by atoms with E-state index in [1.54, 1.807) is 0 Å². The predicted octanol–water partition coefficient (Wildman–Crippen LogP) is 2.39. The highest BCUT2D eigenvalue weighted by Crippen LogP contribution is 2.20. The zero-order chi connectivity index (χ0) is 9.45. The lowest BCUT2D eigenvalue weighted by atomic mass is 10.4. The van der Waals surface area contributed by atoms with Crippen LogP contribution in [-0.2, 0) is 4.43 Å². The molecule has 0 rings (SSSR count). The van der Waals surface area contributed by atoms with E-state index in [4.69, 9.17) is 9.53 Å². The molecule has 12 heavy (non-hydrogen) atoms. The second-order valence-electron chi connectivity index (χ2n) is 3.58. The van der Waals surface area contributed by atoms with Gasteiger partial charge in [0.2, 0.25) is 0 Å². The maximum atomic E-state index is 8.72. The summed E-state index contributed by atoms with van der Waals surface area (Å²) in [5.41, 5.74) is 0. The maximum absolute atomic E-state index is 8.72. The van der Waals surface area contributed by atoms with E-state index in [1.165, 1.54) is 18.9 Å². The van der Waals surface area contributed by atoms with E-state index in [1.807, 2.05) is 7.11 Å². The molecule has 0 heterocycles. The molecule has 0 aromatic heterocycles. The Bertz CT molecular complexity index is 98.7. The molecule has 0 spiro atoms. The van der Waals surface area contributed by atoms with Gasteiger partial charge in [-0.25, -0.2) is 0 Å². The standard InChI is InChI=1S/C9H22O2Si/c1-4-5-8-12(3,11-2)9-6-7-10/h10H,4-9H2,1-3H3. The smallest absolute Gasteiger partial charge is 0.189 e. The summed E-state index contributed by atoms with van der Waals surface area (Å²) in [4.78, 5) is 0. The molecule has 1 atom stereocenters. The zero-order valence-corrected chi connectivity index (χ0v) is 9.60. The van der Waals surface area contributed by atoms with E-state index in [0.717, 1.165) is 12.5 Å². The first-order valence-electron chi connectivity index (χ1n) is 4.84. The van der Waals surface area contributed by atoms with Crippen LogP contribution in [-0.4, -0.2) is 27.1 Å². The number of aliphatic hydroxyl groups is 1. The molecule has 0 saturated heterocycles. The Labute approximate surface area is 77.1 Å². The summed E-state index contributed by atoms with van der Waals surface area (Å²) < 4.78 is 5.57. The number of unbranched alkanes of at least 4 members (excludes halogenated alkanes) is 1. The van der Waals surface area contributed by atoms with E-state index in [-0.39, 0.29) is 0 Å². The molecule has 0 aliphatic rings. The van der Waals surface area contributed by atoms with Gasteiger partial charge in [0.1, 0.15) is 0 Å². The Kier molecular flexibility index (Phi) is 6.71. The van der Waals surface area contributed by atoms with E-state index in [9.17, 15) is 0 Å². The number of rotatable bonds is 7. The van der Waals surface area contributed by atoms with Crippen LogP contribution in [0, 0.1) is 0 Å². The van der Waals surface area contributed by atoms with Gasteiger partial charge in [-0.15, -0.1) is 0 Å². The van der Waals surface area contributed by atoms with Gasteiger partial charge in [0.15, 0.2) is 8.32 Å². The molecule has 0 aliphatic heterocycles. The van der Waals surface area contributed by atoms with Gasteiger partial charge in [0, 0.05) is 13.7 Å². The van der Waals surface area contributed by atoms with Crippen LogP contribution in [0.4, 0.5) is 0 Å². The molecule has 0 aromatic carbocycles. The average Bonchev–Trinajstić information content (AvgIpc) is 2.11. The van der Waals surface area contributed by atoms with E-state index >= 15 is 0 Å². The van der Waals surface area contributed by atoms with Crippen LogP contribution in [0.2, 0.25) is 18.6 Å². The number of aliphatic hydroxyl groups excluding tert-OH is 1. The van der Waals surface area contributed by atoms with Crippen LogP contribution in [0.25, 0.3) is 0 Å². The van der Waals surface area contributed by atoms with Gasteiger partial charge in [0.25, 0.3) is 0 Å². The average molecular weight is 190 g/mol. The van der Waals surface area contributed by atoms with Gasteiger partial charge in [0.05, 0.1) is 0 Å². The van der Waals surface area contributed by atoms with Gasteiger partial charge < -0.3 is 9.53 Å². The number of hydrogen-bond acceptors (Lipinski definition) is 2. The van der Waals surface area contributed by atoms with Crippen LogP contribution < -0.4 is 0 Å². The lowest BCUT2D eigenvalue weighted by molar-refractivity contribution is 0.289. The molecule has 1 N–H and O–H groups in total. The van der Waals surface area contributed by atoms with Crippen molar-refractivity contribution in [1.29, 1.82) is 0 Å². The molecule has 3 heteroatoms. The molecule has 0 fully saturated rings. The van der Waals surface area contributed by atoms with Crippen LogP contribution >= 0.6 is 0 Å². The summed E-state index contributed by atoms with van der Waals surface area (Å²) in [6.07, 6.45) is 3.41. The largest absolute Gasteiger partial charge is 0.420 e. The molecule has 0 radical (unpaired) electrons. The lowest BCUT2D eigenvalue weighted by Crippen LogP contribution is -2.32. The first-order chi connectivity index (χ1) is 5.68. The maximum Gasteiger partial charge on any atom is 0.189 e. The third-order valence-electron chi connectivity index (χ3n) is 2.42. The van der Waals surface area contributed by atoms with Crippen molar-refractivity contribution >= 4 is 8.32 Å². The van der Waals surface area contributed by atoms with Crippen molar-refractivity contribution in [2.24, 2.45) is 0 Å². The molecule has 0 amide bonds. The monoisotopic (exact) mass is 190 g/mol. The SMILES string of the molecule is CCCC[Si](C)(CCCO)OC. The summed E-state index contributed by atoms with van der Waals surface area (Å²) in [7, 11) is 0.393. The molecule has 0 saturated carbocycles. The highest BCUT2D eigenvalue weighted by Gasteiger charge is 2.25. The van der Waals surface area contributed by atoms with Gasteiger partial charge in [-0.1, -0.05) is 19.8 Å².